The molecule has 0 fully saturated rings. The summed E-state index contributed by atoms with van der Waals surface area (Å²) < 4.78 is 5.56. The minimum absolute atomic E-state index is 0.267. The molecular weight excluding hydrogens is 388 g/mol. The van der Waals surface area contributed by atoms with Gasteiger partial charge >= 0.3 is 0 Å². The number of benzene rings is 3. The van der Waals surface area contributed by atoms with Crippen LogP contribution < -0.4 is 15.0 Å². The highest BCUT2D eigenvalue weighted by molar-refractivity contribution is 6.46. The molecular formula is C26H24N2O3. The average molecular weight is 412 g/mol. The zero-order valence-corrected chi connectivity index (χ0v) is 17.8. The Morgan fingerprint density at radius 3 is 2.23 bits per heavy atom. The first kappa shape index (κ1) is 20.4. The molecule has 5 heteroatoms. The monoisotopic (exact) mass is 412 g/mol. The summed E-state index contributed by atoms with van der Waals surface area (Å²) in [6.07, 6.45) is 0. The molecule has 1 aliphatic heterocycles. The van der Waals surface area contributed by atoms with E-state index in [-0.39, 0.29) is 11.6 Å². The minimum Gasteiger partial charge on any atom is -0.494 e. The largest absolute Gasteiger partial charge is 0.494 e. The molecule has 2 amide bonds. The Balaban J connectivity index is 1.80. The van der Waals surface area contributed by atoms with Crippen LogP contribution in [-0.2, 0) is 9.59 Å². The van der Waals surface area contributed by atoms with Crippen LogP contribution in [0.4, 0.5) is 11.4 Å². The molecule has 1 heterocycles. The van der Waals surface area contributed by atoms with Crippen molar-refractivity contribution in [2.75, 3.05) is 16.8 Å². The van der Waals surface area contributed by atoms with Gasteiger partial charge in [-0.2, -0.15) is 0 Å². The number of nitrogens with one attached hydrogen (secondary N) is 1. The minimum atomic E-state index is -0.392. The fourth-order valence-electron chi connectivity index (χ4n) is 3.82. The Morgan fingerprint density at radius 1 is 0.839 bits per heavy atom. The molecule has 1 N–H and O–H groups in total. The fourth-order valence-corrected chi connectivity index (χ4v) is 3.82. The van der Waals surface area contributed by atoms with Crippen molar-refractivity contribution in [2.24, 2.45) is 0 Å². The smallest absolute Gasteiger partial charge is 0.282 e. The van der Waals surface area contributed by atoms with Gasteiger partial charge in [0.15, 0.2) is 0 Å². The SMILES string of the molecule is CCOc1cccc(N2C(=O)C(Nc3cc(C)cc(C)c3)=C(c3ccccc3)C2=O)c1. The lowest BCUT2D eigenvalue weighted by Crippen LogP contribution is -2.32. The summed E-state index contributed by atoms with van der Waals surface area (Å²) in [6, 6.07) is 22.3. The highest BCUT2D eigenvalue weighted by Gasteiger charge is 2.40. The van der Waals surface area contributed by atoms with Gasteiger partial charge < -0.3 is 10.1 Å². The molecule has 0 radical (unpaired) electrons. The topological polar surface area (TPSA) is 58.6 Å². The van der Waals surface area contributed by atoms with Crippen LogP contribution in [0.5, 0.6) is 5.75 Å². The van der Waals surface area contributed by atoms with Crippen molar-refractivity contribution in [1.29, 1.82) is 0 Å². The van der Waals surface area contributed by atoms with Gasteiger partial charge in [0, 0.05) is 11.8 Å². The number of carbonyl (C=O) groups is 2. The molecule has 0 aliphatic carbocycles. The quantitative estimate of drug-likeness (QED) is 0.573. The van der Waals surface area contributed by atoms with Crippen molar-refractivity contribution in [2.45, 2.75) is 20.8 Å². The lowest BCUT2D eigenvalue weighted by Gasteiger charge is -2.16. The predicted molar refractivity (Wildman–Crippen MR) is 123 cm³/mol. The second-order valence-corrected chi connectivity index (χ2v) is 7.49. The molecule has 0 unspecified atom stereocenters. The van der Waals surface area contributed by atoms with E-state index in [0.717, 1.165) is 16.8 Å². The number of hydrogen-bond donors (Lipinski definition) is 1. The average Bonchev–Trinajstić information content (AvgIpc) is 2.98. The molecule has 3 aromatic carbocycles. The van der Waals surface area contributed by atoms with Gasteiger partial charge in [0.1, 0.15) is 11.4 Å². The molecule has 0 bridgehead atoms. The van der Waals surface area contributed by atoms with Crippen LogP contribution in [0.1, 0.15) is 23.6 Å². The van der Waals surface area contributed by atoms with Crippen molar-refractivity contribution >= 4 is 28.8 Å². The van der Waals surface area contributed by atoms with Crippen molar-refractivity contribution in [3.8, 4) is 5.75 Å². The van der Waals surface area contributed by atoms with Gasteiger partial charge in [-0.3, -0.25) is 9.59 Å². The molecule has 3 aromatic rings. The van der Waals surface area contributed by atoms with Crippen LogP contribution in [-0.4, -0.2) is 18.4 Å². The third kappa shape index (κ3) is 4.08. The van der Waals surface area contributed by atoms with E-state index in [4.69, 9.17) is 4.74 Å². The first-order valence-electron chi connectivity index (χ1n) is 10.2. The number of carbonyl (C=O) groups excluding carboxylic acids is 2. The lowest BCUT2D eigenvalue weighted by molar-refractivity contribution is -0.120. The number of amides is 2. The number of rotatable bonds is 6. The Hall–Kier alpha value is -3.86. The number of nitrogens with zero attached hydrogens (tertiary/aromatic N) is 1. The maximum atomic E-state index is 13.5. The second-order valence-electron chi connectivity index (χ2n) is 7.49. The van der Waals surface area contributed by atoms with Gasteiger partial charge in [-0.1, -0.05) is 42.5 Å². The molecule has 1 aliphatic rings. The van der Waals surface area contributed by atoms with Crippen LogP contribution in [0.3, 0.4) is 0 Å². The summed E-state index contributed by atoms with van der Waals surface area (Å²) in [7, 11) is 0. The van der Waals surface area contributed by atoms with Crippen molar-refractivity contribution in [1.82, 2.24) is 0 Å². The van der Waals surface area contributed by atoms with E-state index in [1.54, 1.807) is 24.3 Å². The molecule has 5 nitrogen and oxygen atoms in total. The molecule has 4 rings (SSSR count). The lowest BCUT2D eigenvalue weighted by atomic mass is 10.0. The number of imide groups is 1. The standard InChI is InChI=1S/C26H24N2O3/c1-4-31-22-12-8-11-21(16-22)28-25(29)23(19-9-6-5-7-10-19)24(26(28)30)27-20-14-17(2)13-18(3)15-20/h5-16,27H,4H2,1-3H3. The van der Waals surface area contributed by atoms with E-state index in [2.05, 4.69) is 11.4 Å². The van der Waals surface area contributed by atoms with Gasteiger partial charge in [-0.15, -0.1) is 0 Å². The van der Waals surface area contributed by atoms with Crippen molar-refractivity contribution in [3.63, 3.8) is 0 Å². The third-order valence-electron chi connectivity index (χ3n) is 5.02. The van der Waals surface area contributed by atoms with E-state index >= 15 is 0 Å². The molecule has 0 saturated carbocycles. The Labute approximate surface area is 182 Å². The Bertz CT molecular complexity index is 1160. The summed E-state index contributed by atoms with van der Waals surface area (Å²) in [6.45, 7) is 6.38. The fraction of sp³-hybridized carbons (Fsp3) is 0.154. The Kier molecular flexibility index (Phi) is 5.58. The van der Waals surface area contributed by atoms with Gasteiger partial charge in [-0.05, 0) is 61.7 Å². The molecule has 0 spiro atoms. The number of hydrogen-bond acceptors (Lipinski definition) is 4. The van der Waals surface area contributed by atoms with Crippen LogP contribution in [0.15, 0.2) is 78.5 Å². The van der Waals surface area contributed by atoms with Gasteiger partial charge in [0.25, 0.3) is 11.8 Å². The van der Waals surface area contributed by atoms with Gasteiger partial charge in [0.2, 0.25) is 0 Å². The van der Waals surface area contributed by atoms with E-state index < -0.39 is 5.91 Å². The number of ether oxygens (including phenoxy) is 1. The van der Waals surface area contributed by atoms with Gasteiger partial charge in [0.05, 0.1) is 17.9 Å². The molecule has 0 atom stereocenters. The van der Waals surface area contributed by atoms with Gasteiger partial charge in [-0.25, -0.2) is 4.90 Å². The number of aryl methyl sites for hydroxylation is 2. The van der Waals surface area contributed by atoms with Crippen LogP contribution in [0, 0.1) is 13.8 Å². The summed E-state index contributed by atoms with van der Waals surface area (Å²) in [5.41, 5.74) is 4.70. The first-order valence-corrected chi connectivity index (χ1v) is 10.2. The summed E-state index contributed by atoms with van der Waals surface area (Å²) in [5.74, 6) is -0.147. The van der Waals surface area contributed by atoms with E-state index in [1.165, 1.54) is 4.90 Å². The molecule has 0 aromatic heterocycles. The normalized spacial score (nSPS) is 13.7. The maximum Gasteiger partial charge on any atom is 0.282 e. The highest BCUT2D eigenvalue weighted by atomic mass is 16.5. The maximum absolute atomic E-state index is 13.5. The predicted octanol–water partition coefficient (Wildman–Crippen LogP) is 5.10. The summed E-state index contributed by atoms with van der Waals surface area (Å²) >= 11 is 0. The summed E-state index contributed by atoms with van der Waals surface area (Å²) in [4.78, 5) is 28.2. The number of anilines is 2. The second kappa shape index (κ2) is 8.48. The van der Waals surface area contributed by atoms with E-state index in [0.29, 0.717) is 29.2 Å². The van der Waals surface area contributed by atoms with E-state index in [9.17, 15) is 9.59 Å². The zero-order valence-electron chi connectivity index (χ0n) is 17.8. The third-order valence-corrected chi connectivity index (χ3v) is 5.02. The molecule has 31 heavy (non-hydrogen) atoms. The van der Waals surface area contributed by atoms with E-state index in [1.807, 2.05) is 63.2 Å². The molecule has 0 saturated heterocycles. The van der Waals surface area contributed by atoms with Crippen LogP contribution in [0.2, 0.25) is 0 Å². The van der Waals surface area contributed by atoms with Crippen molar-refractivity contribution in [3.05, 3.63) is 95.2 Å². The highest BCUT2D eigenvalue weighted by Crippen LogP contribution is 2.35. The van der Waals surface area contributed by atoms with Crippen molar-refractivity contribution < 1.29 is 14.3 Å². The first-order chi connectivity index (χ1) is 15.0. The summed E-state index contributed by atoms with van der Waals surface area (Å²) in [5, 5.41) is 3.23. The van der Waals surface area contributed by atoms with Crippen LogP contribution >= 0.6 is 0 Å². The molecule has 156 valence electrons. The Morgan fingerprint density at radius 2 is 1.55 bits per heavy atom. The van der Waals surface area contributed by atoms with Crippen LogP contribution in [0.25, 0.3) is 5.57 Å². The zero-order chi connectivity index (χ0) is 22.0.